The predicted octanol–water partition coefficient (Wildman–Crippen LogP) is 3.19. The summed E-state index contributed by atoms with van der Waals surface area (Å²) in [4.78, 5) is 4.16. The molecule has 2 N–H and O–H groups in total. The Bertz CT molecular complexity index is 479. The van der Waals surface area contributed by atoms with Crippen molar-refractivity contribution < 1.29 is 0 Å². The average Bonchev–Trinajstić information content (AvgIpc) is 2.39. The standard InChI is InChI=1S/C15H18N2/c1-11-8-9-17-10-14(11)15(16)12(2)13-6-4-3-5-7-13/h3-10,12,15H,16H2,1-2H3. The average molecular weight is 226 g/mol. The van der Waals surface area contributed by atoms with E-state index in [0.29, 0.717) is 5.92 Å². The van der Waals surface area contributed by atoms with Crippen molar-refractivity contribution in [3.8, 4) is 0 Å². The molecule has 2 nitrogen and oxygen atoms in total. The summed E-state index contributed by atoms with van der Waals surface area (Å²) < 4.78 is 0. The molecule has 0 amide bonds. The molecule has 0 spiro atoms. The third kappa shape index (κ3) is 2.53. The van der Waals surface area contributed by atoms with Gasteiger partial charge in [0.2, 0.25) is 0 Å². The van der Waals surface area contributed by atoms with Crippen LogP contribution in [0.5, 0.6) is 0 Å². The van der Waals surface area contributed by atoms with E-state index in [1.165, 1.54) is 11.1 Å². The van der Waals surface area contributed by atoms with E-state index >= 15 is 0 Å². The Morgan fingerprint density at radius 2 is 1.82 bits per heavy atom. The van der Waals surface area contributed by atoms with Gasteiger partial charge in [0.05, 0.1) is 0 Å². The number of nitrogens with two attached hydrogens (primary N) is 1. The van der Waals surface area contributed by atoms with Crippen molar-refractivity contribution in [1.29, 1.82) is 0 Å². The van der Waals surface area contributed by atoms with E-state index in [1.807, 2.05) is 18.3 Å². The Labute approximate surface area is 103 Å². The highest BCUT2D eigenvalue weighted by atomic mass is 14.7. The largest absolute Gasteiger partial charge is 0.323 e. The Kier molecular flexibility index (Phi) is 3.55. The van der Waals surface area contributed by atoms with Gasteiger partial charge in [-0.3, -0.25) is 4.98 Å². The molecule has 1 aromatic carbocycles. The molecule has 17 heavy (non-hydrogen) atoms. The van der Waals surface area contributed by atoms with E-state index in [0.717, 1.165) is 5.56 Å². The Hall–Kier alpha value is -1.67. The number of aryl methyl sites for hydroxylation is 1. The highest BCUT2D eigenvalue weighted by Gasteiger charge is 2.18. The number of nitrogens with zero attached hydrogens (tertiary/aromatic N) is 1. The van der Waals surface area contributed by atoms with Crippen LogP contribution < -0.4 is 5.73 Å². The lowest BCUT2D eigenvalue weighted by atomic mass is 9.88. The van der Waals surface area contributed by atoms with Crippen LogP contribution in [0.15, 0.2) is 48.8 Å². The fraction of sp³-hybridized carbons (Fsp3) is 0.267. The second-order valence-corrected chi connectivity index (χ2v) is 4.46. The summed E-state index contributed by atoms with van der Waals surface area (Å²) in [6.07, 6.45) is 3.68. The van der Waals surface area contributed by atoms with Gasteiger partial charge < -0.3 is 5.73 Å². The van der Waals surface area contributed by atoms with Crippen LogP contribution in [-0.2, 0) is 0 Å². The molecule has 1 aromatic heterocycles. The maximum atomic E-state index is 6.33. The summed E-state index contributed by atoms with van der Waals surface area (Å²) in [7, 11) is 0. The molecule has 1 heterocycles. The lowest BCUT2D eigenvalue weighted by molar-refractivity contribution is 0.593. The molecule has 2 rings (SSSR count). The van der Waals surface area contributed by atoms with Crippen molar-refractivity contribution in [2.75, 3.05) is 0 Å². The molecule has 0 saturated carbocycles. The fourth-order valence-electron chi connectivity index (χ4n) is 2.06. The minimum absolute atomic E-state index is 0.00824. The zero-order valence-corrected chi connectivity index (χ0v) is 10.3. The van der Waals surface area contributed by atoms with Gasteiger partial charge in [-0.2, -0.15) is 0 Å². The quantitative estimate of drug-likeness (QED) is 0.873. The van der Waals surface area contributed by atoms with Gasteiger partial charge in [0.15, 0.2) is 0 Å². The molecule has 0 fully saturated rings. The van der Waals surface area contributed by atoms with Crippen molar-refractivity contribution in [3.05, 3.63) is 65.5 Å². The molecule has 0 aliphatic heterocycles. The van der Waals surface area contributed by atoms with Crippen LogP contribution in [0.4, 0.5) is 0 Å². The first kappa shape index (κ1) is 11.8. The Morgan fingerprint density at radius 1 is 1.12 bits per heavy atom. The third-order valence-electron chi connectivity index (χ3n) is 3.30. The number of benzene rings is 1. The van der Waals surface area contributed by atoms with Crippen molar-refractivity contribution >= 4 is 0 Å². The summed E-state index contributed by atoms with van der Waals surface area (Å²) in [6, 6.07) is 12.4. The van der Waals surface area contributed by atoms with Crippen LogP contribution in [0.25, 0.3) is 0 Å². The molecule has 0 aliphatic carbocycles. The Balaban J connectivity index is 2.27. The molecule has 2 heteroatoms. The minimum Gasteiger partial charge on any atom is -0.323 e. The van der Waals surface area contributed by atoms with Gasteiger partial charge in [-0.05, 0) is 29.7 Å². The second-order valence-electron chi connectivity index (χ2n) is 4.46. The van der Waals surface area contributed by atoms with Gasteiger partial charge >= 0.3 is 0 Å². The Morgan fingerprint density at radius 3 is 2.47 bits per heavy atom. The maximum Gasteiger partial charge on any atom is 0.0379 e. The van der Waals surface area contributed by atoms with Crippen molar-refractivity contribution in [2.24, 2.45) is 5.73 Å². The lowest BCUT2D eigenvalue weighted by Gasteiger charge is -2.21. The molecule has 0 radical (unpaired) electrons. The summed E-state index contributed by atoms with van der Waals surface area (Å²) in [5.74, 6) is 0.291. The molecule has 0 saturated heterocycles. The van der Waals surface area contributed by atoms with Crippen LogP contribution in [0.3, 0.4) is 0 Å². The monoisotopic (exact) mass is 226 g/mol. The second kappa shape index (κ2) is 5.11. The summed E-state index contributed by atoms with van der Waals surface area (Å²) >= 11 is 0. The normalized spacial score (nSPS) is 14.3. The molecule has 0 aliphatic rings. The smallest absolute Gasteiger partial charge is 0.0379 e. The predicted molar refractivity (Wildman–Crippen MR) is 70.8 cm³/mol. The highest BCUT2D eigenvalue weighted by Crippen LogP contribution is 2.29. The van der Waals surface area contributed by atoms with Gasteiger partial charge in [0.25, 0.3) is 0 Å². The third-order valence-corrected chi connectivity index (χ3v) is 3.30. The zero-order chi connectivity index (χ0) is 12.3. The fourth-order valence-corrected chi connectivity index (χ4v) is 2.06. The highest BCUT2D eigenvalue weighted by molar-refractivity contribution is 5.30. The number of aromatic nitrogens is 1. The first-order chi connectivity index (χ1) is 8.20. The van der Waals surface area contributed by atoms with E-state index in [-0.39, 0.29) is 6.04 Å². The van der Waals surface area contributed by atoms with Gasteiger partial charge in [0, 0.05) is 24.4 Å². The van der Waals surface area contributed by atoms with E-state index in [4.69, 9.17) is 5.73 Å². The van der Waals surface area contributed by atoms with Gasteiger partial charge in [-0.1, -0.05) is 37.3 Å². The van der Waals surface area contributed by atoms with Crippen LogP contribution in [0.1, 0.15) is 35.6 Å². The summed E-state index contributed by atoms with van der Waals surface area (Å²) in [5, 5.41) is 0. The van der Waals surface area contributed by atoms with Gasteiger partial charge in [0.1, 0.15) is 0 Å². The minimum atomic E-state index is -0.00824. The first-order valence-corrected chi connectivity index (χ1v) is 5.91. The van der Waals surface area contributed by atoms with E-state index < -0.39 is 0 Å². The van der Waals surface area contributed by atoms with Crippen molar-refractivity contribution in [3.63, 3.8) is 0 Å². The molecule has 2 atom stereocenters. The van der Waals surface area contributed by atoms with Gasteiger partial charge in [-0.25, -0.2) is 0 Å². The van der Waals surface area contributed by atoms with Gasteiger partial charge in [-0.15, -0.1) is 0 Å². The molecule has 88 valence electrons. The topological polar surface area (TPSA) is 38.9 Å². The first-order valence-electron chi connectivity index (χ1n) is 5.91. The number of hydrogen-bond acceptors (Lipinski definition) is 2. The number of hydrogen-bond donors (Lipinski definition) is 1. The molecular formula is C15H18N2. The lowest BCUT2D eigenvalue weighted by Crippen LogP contribution is -2.18. The molecular weight excluding hydrogens is 208 g/mol. The van der Waals surface area contributed by atoms with Crippen molar-refractivity contribution in [2.45, 2.75) is 25.8 Å². The maximum absolute atomic E-state index is 6.33. The summed E-state index contributed by atoms with van der Waals surface area (Å²) in [5.41, 5.74) is 9.93. The summed E-state index contributed by atoms with van der Waals surface area (Å²) in [6.45, 7) is 4.24. The molecule has 2 aromatic rings. The van der Waals surface area contributed by atoms with E-state index in [2.05, 4.69) is 43.1 Å². The zero-order valence-electron chi connectivity index (χ0n) is 10.3. The van der Waals surface area contributed by atoms with E-state index in [9.17, 15) is 0 Å². The van der Waals surface area contributed by atoms with Crippen LogP contribution in [0, 0.1) is 6.92 Å². The number of pyridine rings is 1. The van der Waals surface area contributed by atoms with Crippen molar-refractivity contribution in [1.82, 2.24) is 4.98 Å². The molecule has 2 unspecified atom stereocenters. The number of rotatable bonds is 3. The SMILES string of the molecule is Cc1ccncc1C(N)C(C)c1ccccc1. The molecule has 0 bridgehead atoms. The van der Waals surface area contributed by atoms with Crippen LogP contribution in [0.2, 0.25) is 0 Å². The van der Waals surface area contributed by atoms with E-state index in [1.54, 1.807) is 6.20 Å². The van der Waals surface area contributed by atoms with Crippen LogP contribution in [-0.4, -0.2) is 4.98 Å². The van der Waals surface area contributed by atoms with Crippen LogP contribution >= 0.6 is 0 Å².